The van der Waals surface area contributed by atoms with Crippen LogP contribution >= 0.6 is 0 Å². The third-order valence-electron chi connectivity index (χ3n) is 14.2. The van der Waals surface area contributed by atoms with Crippen molar-refractivity contribution in [2.75, 3.05) is 0 Å². The Kier molecular flexibility index (Phi) is 11.2. The Hall–Kier alpha value is -8.17. The van der Waals surface area contributed by atoms with Crippen molar-refractivity contribution in [1.29, 1.82) is 0 Å². The van der Waals surface area contributed by atoms with E-state index in [4.69, 9.17) is 39.9 Å². The molecule has 0 fully saturated rings. The quantitative estimate of drug-likeness (QED) is 0.166. The van der Waals surface area contributed by atoms with E-state index in [1.165, 1.54) is 0 Å². The largest absolute Gasteiger partial charge is 2.00 e. The first-order valence-electron chi connectivity index (χ1n) is 24.8. The number of hydrogen-bond donors (Lipinski definition) is 1. The Bertz CT molecular complexity index is 4590. The van der Waals surface area contributed by atoms with Crippen LogP contribution in [0.3, 0.4) is 0 Å². The van der Waals surface area contributed by atoms with Gasteiger partial charge < -0.3 is 34.9 Å². The average Bonchev–Trinajstić information content (AvgIpc) is 4.26. The van der Waals surface area contributed by atoms with Gasteiger partial charge >= 0.3 is 39.5 Å². The topological polar surface area (TPSA) is 224 Å². The number of benzene rings is 4. The molecule has 0 aliphatic carbocycles. The molecule has 7 aromatic heterocycles. The van der Waals surface area contributed by atoms with Crippen molar-refractivity contribution in [3.8, 4) is 45.6 Å². The number of aryl methyl sites for hydroxylation is 7. The monoisotopic (exact) mass is 1020 g/mol. The molecule has 8 bridgehead atoms. The standard InChI is InChI=1S/C50H45N16O4.C2H6.Co/c1-8-60-32-16-24-23(15-31(32)51-47(60)67)39-52-40(24)54-42-27-19-35-36(64(12-5)49(69)63(35)11-4)20-28(27)44(56-42)58-46-30-22-38-37(65(13-6)50(70)66(38)14-7)21-29(30)45(59-46)57-43-26-18-34-33(17-25(26)41(53-39)55-43)61(9-2)48(68)62(34)10-3;1-2;/h15-22H,8-14H2,1-7H3,(H2-,51,52,53,54,55,56,57,58,59,67);1-2H3;/q-1;;+2/p-1. The van der Waals surface area contributed by atoms with Crippen LogP contribution in [0.15, 0.2) is 67.7 Å². The molecule has 1 N–H and O–H groups in total. The van der Waals surface area contributed by atoms with E-state index in [0.717, 1.165) is 33.1 Å². The summed E-state index contributed by atoms with van der Waals surface area (Å²) in [6, 6.07) is 15.4. The van der Waals surface area contributed by atoms with Crippen molar-refractivity contribution in [2.24, 2.45) is 0 Å². The molecule has 0 unspecified atom stereocenters. The fraction of sp³-hybridized carbons (Fsp3) is 0.308. The van der Waals surface area contributed by atoms with E-state index in [2.05, 4.69) is 4.98 Å². The molecule has 73 heavy (non-hydrogen) atoms. The zero-order chi connectivity index (χ0) is 50.2. The summed E-state index contributed by atoms with van der Waals surface area (Å²) >= 11 is 0. The minimum absolute atomic E-state index is 0. The molecule has 0 saturated heterocycles. The molecule has 0 amide bonds. The van der Waals surface area contributed by atoms with E-state index in [0.29, 0.717) is 147 Å². The number of fused-ring (bicyclic) bond motifs is 24. The first-order chi connectivity index (χ1) is 35.0. The second kappa shape index (κ2) is 17.3. The third-order valence-corrected chi connectivity index (χ3v) is 14.2. The van der Waals surface area contributed by atoms with Crippen LogP contribution in [-0.2, 0) is 62.6 Å². The van der Waals surface area contributed by atoms with E-state index >= 15 is 0 Å². The van der Waals surface area contributed by atoms with Crippen molar-refractivity contribution < 1.29 is 16.8 Å². The molecule has 371 valence electrons. The number of aromatic amines is 1. The molecule has 0 saturated carbocycles. The average molecular weight is 1020 g/mol. The SMILES string of the molecule is CC.CCn1c(=O)[nH]c2cc3c(cc21)-c1nc-3nc2[n-]c(nc3nc(nc4[n-]c(n1)c1cc5c(cc41)n(CC)c(=O)n5CC)-c1cc4c(cc1-3)n(CC)c(=O)n4CC)c1cc3c(cc21)n(CC)c(=O)n3CC.[Co+2]. The Morgan fingerprint density at radius 3 is 0.918 bits per heavy atom. The van der Waals surface area contributed by atoms with E-state index in [9.17, 15) is 19.2 Å². The van der Waals surface area contributed by atoms with Crippen LogP contribution in [0.4, 0.5) is 0 Å². The number of nitrogens with zero attached hydrogens (tertiary/aromatic N) is 15. The molecule has 1 radical (unpaired) electrons. The predicted molar refractivity (Wildman–Crippen MR) is 280 cm³/mol. The molecule has 2 aliphatic rings. The van der Waals surface area contributed by atoms with Crippen molar-refractivity contribution >= 4 is 88.3 Å². The van der Waals surface area contributed by atoms with Gasteiger partial charge in [0.1, 0.15) is 0 Å². The fourth-order valence-corrected chi connectivity index (χ4v) is 10.9. The molecule has 20 nitrogen and oxygen atoms in total. The van der Waals surface area contributed by atoms with Crippen molar-refractivity contribution in [3.05, 3.63) is 90.5 Å². The Labute approximate surface area is 424 Å². The number of aromatic nitrogens is 16. The number of imidazole rings is 4. The Morgan fingerprint density at radius 1 is 0.370 bits per heavy atom. The molecular formula is C52H50CoN16O4. The van der Waals surface area contributed by atoms with Gasteiger partial charge in [0.15, 0.2) is 0 Å². The van der Waals surface area contributed by atoms with Gasteiger partial charge in [-0.2, -0.15) is 0 Å². The molecule has 21 heteroatoms. The Morgan fingerprint density at radius 2 is 0.630 bits per heavy atom. The van der Waals surface area contributed by atoms with Crippen LogP contribution in [0.25, 0.3) is 134 Å². The van der Waals surface area contributed by atoms with Crippen LogP contribution in [-0.4, -0.2) is 66.9 Å². The van der Waals surface area contributed by atoms with Crippen LogP contribution in [0.1, 0.15) is 62.3 Å². The van der Waals surface area contributed by atoms with Crippen LogP contribution in [0.5, 0.6) is 0 Å². The molecule has 0 atom stereocenters. The summed E-state index contributed by atoms with van der Waals surface area (Å²) < 4.78 is 12.1. The first-order valence-corrected chi connectivity index (χ1v) is 24.8. The van der Waals surface area contributed by atoms with Crippen molar-refractivity contribution in [1.82, 2.24) is 76.8 Å². The predicted octanol–water partition coefficient (Wildman–Crippen LogP) is 7.28. The van der Waals surface area contributed by atoms with Gasteiger partial charge in [-0.15, -0.1) is 0 Å². The molecule has 4 aromatic carbocycles. The van der Waals surface area contributed by atoms with Gasteiger partial charge in [0, 0.05) is 90.7 Å². The molecule has 11 aromatic rings. The van der Waals surface area contributed by atoms with Gasteiger partial charge in [0.2, 0.25) is 0 Å². The van der Waals surface area contributed by atoms with Gasteiger partial charge in [-0.1, -0.05) is 13.8 Å². The maximum absolute atomic E-state index is 13.8. The van der Waals surface area contributed by atoms with E-state index in [1.54, 1.807) is 32.0 Å². The summed E-state index contributed by atoms with van der Waals surface area (Å²) in [6.45, 7) is 20.7. The smallest absolute Gasteiger partial charge is 0.357 e. The van der Waals surface area contributed by atoms with Gasteiger partial charge in [-0.3, -0.25) is 32.0 Å². The van der Waals surface area contributed by atoms with Crippen molar-refractivity contribution in [2.45, 2.75) is 108 Å². The maximum Gasteiger partial charge on any atom is 2.00 e. The normalized spacial score (nSPS) is 12.1. The summed E-state index contributed by atoms with van der Waals surface area (Å²) in [7, 11) is 0. The van der Waals surface area contributed by atoms with Gasteiger partial charge in [0.05, 0.1) is 67.4 Å². The second-order valence-corrected chi connectivity index (χ2v) is 17.5. The zero-order valence-corrected chi connectivity index (χ0v) is 42.8. The van der Waals surface area contributed by atoms with Crippen LogP contribution < -0.4 is 32.7 Å². The van der Waals surface area contributed by atoms with E-state index in [1.807, 2.05) is 111 Å². The van der Waals surface area contributed by atoms with Crippen LogP contribution in [0, 0.1) is 0 Å². The van der Waals surface area contributed by atoms with E-state index < -0.39 is 0 Å². The third kappa shape index (κ3) is 6.49. The zero-order valence-electron chi connectivity index (χ0n) is 41.7. The maximum atomic E-state index is 13.8. The summed E-state index contributed by atoms with van der Waals surface area (Å²) in [5.41, 5.74) is 8.70. The van der Waals surface area contributed by atoms with Gasteiger partial charge in [-0.05, 0) is 119 Å². The second-order valence-electron chi connectivity index (χ2n) is 17.5. The molecule has 2 aliphatic heterocycles. The summed E-state index contributed by atoms with van der Waals surface area (Å²) in [5.74, 6) is 1.20. The summed E-state index contributed by atoms with van der Waals surface area (Å²) in [4.78, 5) is 99.1. The first kappa shape index (κ1) is 47.2. The van der Waals surface area contributed by atoms with Crippen LogP contribution in [0.2, 0.25) is 0 Å². The van der Waals surface area contributed by atoms with E-state index in [-0.39, 0.29) is 39.5 Å². The number of hydrogen-bond acceptors (Lipinski definition) is 10. The minimum Gasteiger partial charge on any atom is -0.357 e. The van der Waals surface area contributed by atoms with Gasteiger partial charge in [-0.25, -0.2) is 29.1 Å². The minimum atomic E-state index is -0.248. The number of rotatable bonds is 7. The molecular weight excluding hydrogens is 972 g/mol. The van der Waals surface area contributed by atoms with Crippen molar-refractivity contribution in [3.63, 3.8) is 0 Å². The summed E-state index contributed by atoms with van der Waals surface area (Å²) in [6.07, 6.45) is 0. The fourth-order valence-electron chi connectivity index (χ4n) is 10.9. The Balaban J connectivity index is 0.00000189. The summed E-state index contributed by atoms with van der Waals surface area (Å²) in [5, 5.41) is 2.54. The number of nitrogens with one attached hydrogen (secondary N) is 1. The van der Waals surface area contributed by atoms with Gasteiger partial charge in [0.25, 0.3) is 0 Å². The molecule has 0 spiro atoms. The molecule has 9 heterocycles. The number of H-pyrrole nitrogens is 1. The molecule has 13 rings (SSSR count).